The van der Waals surface area contributed by atoms with E-state index in [1.807, 2.05) is 6.07 Å². The Hall–Kier alpha value is -2.85. The van der Waals surface area contributed by atoms with E-state index >= 15 is 0 Å². The first kappa shape index (κ1) is 20.9. The molecule has 0 fully saturated rings. The van der Waals surface area contributed by atoms with Gasteiger partial charge >= 0.3 is 12.6 Å². The lowest BCUT2D eigenvalue weighted by molar-refractivity contribution is -0.144. The summed E-state index contributed by atoms with van der Waals surface area (Å²) in [5, 5.41) is 2.64. The monoisotopic (exact) mass is 442 g/mol. The van der Waals surface area contributed by atoms with E-state index in [1.54, 1.807) is 18.2 Å². The summed E-state index contributed by atoms with van der Waals surface area (Å²) in [6.45, 7) is -3.54. The number of carbonyl (C=O) groups is 2. The number of alkyl halides is 2. The molecule has 0 saturated heterocycles. The van der Waals surface area contributed by atoms with Gasteiger partial charge in [0, 0.05) is 5.69 Å². The number of thioether (sulfide) groups is 1. The third kappa shape index (κ3) is 6.06. The van der Waals surface area contributed by atoms with Crippen molar-refractivity contribution in [3.05, 3.63) is 47.5 Å². The lowest BCUT2D eigenvalue weighted by Gasteiger charge is -2.09. The molecule has 0 unspecified atom stereocenters. The van der Waals surface area contributed by atoms with Gasteiger partial charge in [0.25, 0.3) is 11.1 Å². The largest absolute Gasteiger partial charge is 0.455 e. The van der Waals surface area contributed by atoms with Crippen LogP contribution < -0.4 is 10.1 Å². The molecule has 0 aliphatic carbocycles. The molecule has 0 aliphatic rings. The average molecular weight is 443 g/mol. The Bertz CT molecular complexity index is 997. The number of benzene rings is 2. The fourth-order valence-corrected chi connectivity index (χ4v) is 3.05. The molecule has 0 atom stereocenters. The van der Waals surface area contributed by atoms with Crippen LogP contribution in [0.15, 0.2) is 52.1 Å². The highest BCUT2D eigenvalue weighted by Gasteiger charge is 2.13. The number of oxazole rings is 1. The number of anilines is 1. The van der Waals surface area contributed by atoms with Gasteiger partial charge in [0.05, 0.1) is 5.02 Å². The number of nitrogens with one attached hydrogen (secondary N) is 1. The van der Waals surface area contributed by atoms with Gasteiger partial charge in [0.15, 0.2) is 12.2 Å². The zero-order valence-corrected chi connectivity index (χ0v) is 16.1. The van der Waals surface area contributed by atoms with Gasteiger partial charge in [-0.2, -0.15) is 8.78 Å². The van der Waals surface area contributed by atoms with Gasteiger partial charge < -0.3 is 19.2 Å². The minimum absolute atomic E-state index is 0.0917. The normalized spacial score (nSPS) is 10.9. The summed E-state index contributed by atoms with van der Waals surface area (Å²) in [4.78, 5) is 27.9. The van der Waals surface area contributed by atoms with Crippen molar-refractivity contribution in [1.82, 2.24) is 4.98 Å². The maximum Gasteiger partial charge on any atom is 0.387 e. The molecule has 1 aromatic heterocycles. The fourth-order valence-electron chi connectivity index (χ4n) is 2.19. The van der Waals surface area contributed by atoms with E-state index < -0.39 is 25.1 Å². The van der Waals surface area contributed by atoms with Crippen LogP contribution in [-0.2, 0) is 14.3 Å². The van der Waals surface area contributed by atoms with Crippen LogP contribution in [-0.4, -0.2) is 35.8 Å². The molecule has 1 heterocycles. The van der Waals surface area contributed by atoms with Crippen molar-refractivity contribution in [3.8, 4) is 5.75 Å². The number of carbonyl (C=O) groups excluding carboxylic acids is 2. The molecule has 1 amide bonds. The predicted molar refractivity (Wildman–Crippen MR) is 102 cm³/mol. The summed E-state index contributed by atoms with van der Waals surface area (Å²) in [5.41, 5.74) is 1.51. The molecule has 3 aromatic rings. The van der Waals surface area contributed by atoms with Crippen LogP contribution in [0, 0.1) is 0 Å². The number of aromatic nitrogens is 1. The number of hydrogen-bond acceptors (Lipinski definition) is 7. The molecule has 11 heteroatoms. The summed E-state index contributed by atoms with van der Waals surface area (Å²) in [6.07, 6.45) is 0. The topological polar surface area (TPSA) is 90.7 Å². The summed E-state index contributed by atoms with van der Waals surface area (Å²) >= 11 is 6.84. The zero-order chi connectivity index (χ0) is 20.8. The summed E-state index contributed by atoms with van der Waals surface area (Å²) in [5.74, 6) is -1.57. The second kappa shape index (κ2) is 9.57. The molecule has 0 spiro atoms. The van der Waals surface area contributed by atoms with Gasteiger partial charge in [0.2, 0.25) is 0 Å². The Morgan fingerprint density at radius 1 is 1.24 bits per heavy atom. The predicted octanol–water partition coefficient (Wildman–Crippen LogP) is 4.36. The van der Waals surface area contributed by atoms with E-state index in [1.165, 1.54) is 18.2 Å². The first-order chi connectivity index (χ1) is 13.9. The molecule has 3 rings (SSSR count). The van der Waals surface area contributed by atoms with E-state index in [0.717, 1.165) is 11.8 Å². The molecule has 0 radical (unpaired) electrons. The molecule has 7 nitrogen and oxygen atoms in total. The highest BCUT2D eigenvalue weighted by molar-refractivity contribution is 7.99. The molecule has 0 aliphatic heterocycles. The number of amides is 1. The minimum atomic E-state index is -3.01. The lowest BCUT2D eigenvalue weighted by atomic mass is 10.3. The molecular weight excluding hydrogens is 430 g/mol. The number of esters is 1. The lowest BCUT2D eigenvalue weighted by Crippen LogP contribution is -2.21. The Morgan fingerprint density at radius 2 is 2.03 bits per heavy atom. The first-order valence-corrected chi connectivity index (χ1v) is 9.45. The number of ether oxygens (including phenoxy) is 2. The second-order valence-electron chi connectivity index (χ2n) is 5.47. The number of fused-ring (bicyclic) bond motifs is 1. The molecule has 29 heavy (non-hydrogen) atoms. The maximum atomic E-state index is 12.2. The van der Waals surface area contributed by atoms with Crippen molar-refractivity contribution in [2.24, 2.45) is 0 Å². The highest BCUT2D eigenvalue weighted by Crippen LogP contribution is 2.29. The van der Waals surface area contributed by atoms with E-state index in [-0.39, 0.29) is 22.2 Å². The summed E-state index contributed by atoms with van der Waals surface area (Å²) < 4.78 is 39.0. The molecule has 2 aromatic carbocycles. The number of rotatable bonds is 8. The number of para-hydroxylation sites is 2. The van der Waals surface area contributed by atoms with Crippen LogP contribution in [0.25, 0.3) is 11.1 Å². The van der Waals surface area contributed by atoms with Crippen LogP contribution in [0.4, 0.5) is 14.5 Å². The number of nitrogens with zero attached hydrogens (tertiary/aromatic N) is 1. The smallest absolute Gasteiger partial charge is 0.387 e. The van der Waals surface area contributed by atoms with Gasteiger partial charge in [-0.3, -0.25) is 9.59 Å². The minimum Gasteiger partial charge on any atom is -0.455 e. The Kier molecular flexibility index (Phi) is 6.89. The van der Waals surface area contributed by atoms with Gasteiger partial charge in [0.1, 0.15) is 17.0 Å². The van der Waals surface area contributed by atoms with Gasteiger partial charge in [-0.1, -0.05) is 35.5 Å². The van der Waals surface area contributed by atoms with Gasteiger partial charge in [-0.15, -0.1) is 0 Å². The van der Waals surface area contributed by atoms with E-state index in [9.17, 15) is 18.4 Å². The quantitative estimate of drug-likeness (QED) is 0.409. The SMILES string of the molecule is O=C(COC(=O)CSc1nc2ccccc2o1)Nc1ccc(OC(F)F)c(Cl)c1. The number of halogens is 3. The zero-order valence-electron chi connectivity index (χ0n) is 14.6. The Morgan fingerprint density at radius 3 is 2.76 bits per heavy atom. The third-order valence-corrected chi connectivity index (χ3v) is 4.48. The second-order valence-corrected chi connectivity index (χ2v) is 6.80. The van der Waals surface area contributed by atoms with Crippen molar-refractivity contribution < 1.29 is 32.3 Å². The molecule has 152 valence electrons. The Balaban J connectivity index is 1.43. The molecule has 1 N–H and O–H groups in total. The first-order valence-electron chi connectivity index (χ1n) is 8.09. The fraction of sp³-hybridized carbons (Fsp3) is 0.167. The van der Waals surface area contributed by atoms with Crippen LogP contribution in [0.3, 0.4) is 0 Å². The van der Waals surface area contributed by atoms with Crippen molar-refractivity contribution in [3.63, 3.8) is 0 Å². The standard InChI is InChI=1S/C18H13ClF2N2O5S/c19-11-7-10(5-6-13(11)27-17(20)21)22-15(24)8-26-16(25)9-29-18-23-12-3-1-2-4-14(12)28-18/h1-7,17H,8-9H2,(H,22,24). The van der Waals surface area contributed by atoms with Crippen molar-refractivity contribution in [2.45, 2.75) is 11.8 Å². The van der Waals surface area contributed by atoms with Crippen LogP contribution in [0.2, 0.25) is 5.02 Å². The summed E-state index contributed by atoms with van der Waals surface area (Å²) in [7, 11) is 0. The number of hydrogen-bond donors (Lipinski definition) is 1. The summed E-state index contributed by atoms with van der Waals surface area (Å²) in [6, 6.07) is 10.9. The third-order valence-electron chi connectivity index (χ3n) is 3.38. The van der Waals surface area contributed by atoms with Gasteiger partial charge in [-0.05, 0) is 30.3 Å². The van der Waals surface area contributed by atoms with E-state index in [0.29, 0.717) is 16.3 Å². The average Bonchev–Trinajstić information content (AvgIpc) is 3.09. The van der Waals surface area contributed by atoms with Crippen LogP contribution >= 0.6 is 23.4 Å². The van der Waals surface area contributed by atoms with Crippen LogP contribution in [0.5, 0.6) is 5.75 Å². The van der Waals surface area contributed by atoms with Crippen molar-refractivity contribution in [1.29, 1.82) is 0 Å². The van der Waals surface area contributed by atoms with Crippen molar-refractivity contribution >= 4 is 52.0 Å². The molecule has 0 saturated carbocycles. The maximum absolute atomic E-state index is 12.2. The molecular formula is C18H13ClF2N2O5S. The van der Waals surface area contributed by atoms with E-state index in [2.05, 4.69) is 15.0 Å². The van der Waals surface area contributed by atoms with Gasteiger partial charge in [-0.25, -0.2) is 4.98 Å². The Labute approximate surface area is 172 Å². The van der Waals surface area contributed by atoms with Crippen molar-refractivity contribution in [2.75, 3.05) is 17.7 Å². The van der Waals surface area contributed by atoms with Crippen LogP contribution in [0.1, 0.15) is 0 Å². The molecule has 0 bridgehead atoms. The highest BCUT2D eigenvalue weighted by atomic mass is 35.5. The van der Waals surface area contributed by atoms with E-state index in [4.69, 9.17) is 20.8 Å².